The molecule has 4 heteroatoms. The van der Waals surface area contributed by atoms with E-state index >= 15 is 0 Å². The van der Waals surface area contributed by atoms with Crippen LogP contribution >= 0.6 is 15.9 Å². The average molecular weight is 272 g/mol. The van der Waals surface area contributed by atoms with E-state index in [0.29, 0.717) is 5.41 Å². The molecule has 0 aliphatic heterocycles. The number of halogens is 1. The van der Waals surface area contributed by atoms with Crippen LogP contribution in [0.15, 0.2) is 4.47 Å². The lowest BCUT2D eigenvalue weighted by Crippen LogP contribution is -2.32. The lowest BCUT2D eigenvalue weighted by Gasteiger charge is -2.18. The van der Waals surface area contributed by atoms with Crippen LogP contribution in [0.2, 0.25) is 0 Å². The van der Waals surface area contributed by atoms with E-state index < -0.39 is 0 Å². The summed E-state index contributed by atoms with van der Waals surface area (Å²) in [4.78, 5) is 0. The molecule has 0 aromatic carbocycles. The van der Waals surface area contributed by atoms with Crippen LogP contribution in [0.4, 0.5) is 0 Å². The molecule has 1 atom stereocenters. The van der Waals surface area contributed by atoms with E-state index in [9.17, 15) is 0 Å². The molecule has 0 radical (unpaired) electrons. The van der Waals surface area contributed by atoms with Crippen molar-refractivity contribution in [3.8, 4) is 0 Å². The molecule has 2 N–H and O–H groups in total. The summed E-state index contributed by atoms with van der Waals surface area (Å²) in [5.74, 6) is 0. The van der Waals surface area contributed by atoms with Gasteiger partial charge in [-0.2, -0.15) is 5.10 Å². The molecular formula is C11H18BrN3. The minimum atomic E-state index is 0.253. The van der Waals surface area contributed by atoms with E-state index in [-0.39, 0.29) is 6.04 Å². The van der Waals surface area contributed by atoms with Crippen LogP contribution in [-0.2, 0) is 13.5 Å². The van der Waals surface area contributed by atoms with Crippen LogP contribution in [0.1, 0.15) is 31.2 Å². The van der Waals surface area contributed by atoms with Crippen molar-refractivity contribution in [1.82, 2.24) is 9.78 Å². The largest absolute Gasteiger partial charge is 0.327 e. The van der Waals surface area contributed by atoms with Crippen LogP contribution in [-0.4, -0.2) is 15.8 Å². The van der Waals surface area contributed by atoms with Crippen molar-refractivity contribution in [2.45, 2.75) is 39.2 Å². The molecule has 1 aromatic heterocycles. The van der Waals surface area contributed by atoms with Crippen LogP contribution < -0.4 is 5.73 Å². The maximum atomic E-state index is 6.23. The number of aryl methyl sites for hydroxylation is 2. The molecule has 0 spiro atoms. The van der Waals surface area contributed by atoms with E-state index in [1.54, 1.807) is 0 Å². The summed E-state index contributed by atoms with van der Waals surface area (Å²) in [5.41, 5.74) is 8.86. The fourth-order valence-electron chi connectivity index (χ4n) is 1.92. The molecule has 0 saturated heterocycles. The zero-order chi connectivity index (χ0) is 11.2. The summed E-state index contributed by atoms with van der Waals surface area (Å²) in [5, 5.41) is 4.38. The van der Waals surface area contributed by atoms with Crippen molar-refractivity contribution in [1.29, 1.82) is 0 Å². The summed E-state index contributed by atoms with van der Waals surface area (Å²) in [7, 11) is 1.98. The number of aromatic nitrogens is 2. The average Bonchev–Trinajstić information content (AvgIpc) is 2.87. The lowest BCUT2D eigenvalue weighted by atomic mass is 9.95. The second kappa shape index (κ2) is 3.59. The topological polar surface area (TPSA) is 43.8 Å². The van der Waals surface area contributed by atoms with Crippen LogP contribution in [0.5, 0.6) is 0 Å². The van der Waals surface area contributed by atoms with E-state index in [1.807, 2.05) is 18.7 Å². The Morgan fingerprint density at radius 1 is 1.60 bits per heavy atom. The minimum absolute atomic E-state index is 0.253. The van der Waals surface area contributed by atoms with Gasteiger partial charge in [0.05, 0.1) is 15.9 Å². The van der Waals surface area contributed by atoms with Crippen LogP contribution in [0, 0.1) is 12.3 Å². The monoisotopic (exact) mass is 271 g/mol. The van der Waals surface area contributed by atoms with Gasteiger partial charge in [0, 0.05) is 19.5 Å². The molecule has 15 heavy (non-hydrogen) atoms. The molecule has 84 valence electrons. The molecular weight excluding hydrogens is 254 g/mol. The van der Waals surface area contributed by atoms with Crippen molar-refractivity contribution < 1.29 is 0 Å². The van der Waals surface area contributed by atoms with E-state index in [4.69, 9.17) is 5.73 Å². The van der Waals surface area contributed by atoms with Gasteiger partial charge in [-0.15, -0.1) is 0 Å². The molecule has 3 nitrogen and oxygen atoms in total. The molecule has 1 fully saturated rings. The normalized spacial score (nSPS) is 20.3. The number of nitrogens with zero attached hydrogens (tertiary/aromatic N) is 2. The molecule has 1 unspecified atom stereocenters. The van der Waals surface area contributed by atoms with E-state index in [1.165, 1.54) is 18.5 Å². The number of nitrogens with two attached hydrogens (primary N) is 1. The lowest BCUT2D eigenvalue weighted by molar-refractivity contribution is 0.423. The fourth-order valence-corrected chi connectivity index (χ4v) is 2.42. The van der Waals surface area contributed by atoms with E-state index in [2.05, 4.69) is 28.0 Å². The minimum Gasteiger partial charge on any atom is -0.327 e. The first-order valence-corrected chi connectivity index (χ1v) is 6.17. The fraction of sp³-hybridized carbons (Fsp3) is 0.727. The Morgan fingerprint density at radius 2 is 2.20 bits per heavy atom. The maximum absolute atomic E-state index is 6.23. The highest BCUT2D eigenvalue weighted by atomic mass is 79.9. The first-order chi connectivity index (χ1) is 6.94. The Balaban J connectivity index is 2.16. The predicted octanol–water partition coefficient (Wildman–Crippen LogP) is 2.16. The predicted molar refractivity (Wildman–Crippen MR) is 64.7 cm³/mol. The van der Waals surface area contributed by atoms with Crippen LogP contribution in [0.25, 0.3) is 0 Å². The highest BCUT2D eigenvalue weighted by Gasteiger charge is 2.43. The third-order valence-corrected chi connectivity index (χ3v) is 4.64. The van der Waals surface area contributed by atoms with E-state index in [0.717, 1.165) is 16.6 Å². The second-order valence-electron chi connectivity index (χ2n) is 4.93. The van der Waals surface area contributed by atoms with Gasteiger partial charge in [0.15, 0.2) is 0 Å². The van der Waals surface area contributed by atoms with Gasteiger partial charge in [-0.25, -0.2) is 0 Å². The van der Waals surface area contributed by atoms with Gasteiger partial charge < -0.3 is 5.73 Å². The molecule has 1 saturated carbocycles. The number of hydrogen-bond acceptors (Lipinski definition) is 2. The second-order valence-corrected chi connectivity index (χ2v) is 5.73. The van der Waals surface area contributed by atoms with Gasteiger partial charge in [0.1, 0.15) is 0 Å². The molecule has 0 amide bonds. The van der Waals surface area contributed by atoms with Gasteiger partial charge >= 0.3 is 0 Å². The van der Waals surface area contributed by atoms with Crippen LogP contribution in [0.3, 0.4) is 0 Å². The summed E-state index contributed by atoms with van der Waals surface area (Å²) in [6, 6.07) is 0.253. The van der Waals surface area contributed by atoms with Crippen molar-refractivity contribution in [3.63, 3.8) is 0 Å². The highest BCUT2D eigenvalue weighted by Crippen LogP contribution is 2.48. The van der Waals surface area contributed by atoms with Gasteiger partial charge in [-0.3, -0.25) is 4.68 Å². The SMILES string of the molecule is Cc1nn(C)c(CC(N)C2(C)CC2)c1Br. The Bertz CT molecular complexity index is 379. The summed E-state index contributed by atoms with van der Waals surface area (Å²) in [6.07, 6.45) is 3.44. The zero-order valence-electron chi connectivity index (χ0n) is 9.55. The summed E-state index contributed by atoms with van der Waals surface area (Å²) >= 11 is 3.58. The van der Waals surface area contributed by atoms with Gasteiger partial charge in [-0.1, -0.05) is 6.92 Å². The number of hydrogen-bond donors (Lipinski definition) is 1. The third kappa shape index (κ3) is 1.97. The Labute approximate surface area is 99.2 Å². The molecule has 0 bridgehead atoms. The van der Waals surface area contributed by atoms with Crippen molar-refractivity contribution >= 4 is 15.9 Å². The molecule has 1 heterocycles. The molecule has 1 aromatic rings. The standard InChI is InChI=1S/C11H18BrN3/c1-7-10(12)8(15(3)14-7)6-9(13)11(2)4-5-11/h9H,4-6,13H2,1-3H3. The quantitative estimate of drug-likeness (QED) is 0.916. The van der Waals surface area contributed by atoms with Gasteiger partial charge in [0.2, 0.25) is 0 Å². The number of rotatable bonds is 3. The maximum Gasteiger partial charge on any atom is 0.0738 e. The third-order valence-electron chi connectivity index (χ3n) is 3.61. The smallest absolute Gasteiger partial charge is 0.0738 e. The molecule has 1 aliphatic carbocycles. The highest BCUT2D eigenvalue weighted by molar-refractivity contribution is 9.10. The Kier molecular flexibility index (Phi) is 2.67. The zero-order valence-corrected chi connectivity index (χ0v) is 11.1. The first-order valence-electron chi connectivity index (χ1n) is 5.37. The molecule has 1 aliphatic rings. The van der Waals surface area contributed by atoms with Crippen molar-refractivity contribution in [2.24, 2.45) is 18.2 Å². The first kappa shape index (κ1) is 11.1. The Hall–Kier alpha value is -0.350. The summed E-state index contributed by atoms with van der Waals surface area (Å²) in [6.45, 7) is 4.28. The van der Waals surface area contributed by atoms with Gasteiger partial charge in [0.25, 0.3) is 0 Å². The Morgan fingerprint density at radius 3 is 2.60 bits per heavy atom. The van der Waals surface area contributed by atoms with Crippen molar-refractivity contribution in [2.75, 3.05) is 0 Å². The van der Waals surface area contributed by atoms with Gasteiger partial charge in [-0.05, 0) is 41.1 Å². The summed E-state index contributed by atoms with van der Waals surface area (Å²) < 4.78 is 3.05. The van der Waals surface area contributed by atoms with Crippen molar-refractivity contribution in [3.05, 3.63) is 15.9 Å². The molecule has 2 rings (SSSR count).